The van der Waals surface area contributed by atoms with Crippen LogP contribution in [-0.2, 0) is 0 Å². The summed E-state index contributed by atoms with van der Waals surface area (Å²) in [6, 6.07) is 13.3. The fraction of sp³-hybridized carbons (Fsp3) is 0.455. The molecule has 148 valence electrons. The van der Waals surface area contributed by atoms with Crippen LogP contribution in [0.1, 0.15) is 20.8 Å². The fourth-order valence-electron chi connectivity index (χ4n) is 3.66. The zero-order chi connectivity index (χ0) is 20.8. The Morgan fingerprint density at radius 1 is 0.667 bits per heavy atom. The fourth-order valence-corrected chi connectivity index (χ4v) is 9.84. The van der Waals surface area contributed by atoms with Crippen LogP contribution in [0.3, 0.4) is 0 Å². The van der Waals surface area contributed by atoms with Crippen molar-refractivity contribution in [2.45, 2.75) is 65.2 Å². The Morgan fingerprint density at radius 2 is 1.00 bits per heavy atom. The molecule has 0 bridgehead atoms. The van der Waals surface area contributed by atoms with E-state index in [2.05, 4.69) is 96.5 Å². The van der Waals surface area contributed by atoms with Crippen LogP contribution in [0.2, 0.25) is 39.3 Å². The van der Waals surface area contributed by atoms with E-state index in [1.54, 1.807) is 0 Å². The van der Waals surface area contributed by atoms with Crippen LogP contribution in [0.15, 0.2) is 36.4 Å². The highest BCUT2D eigenvalue weighted by Crippen LogP contribution is 2.49. The van der Waals surface area contributed by atoms with Gasteiger partial charge in [0.25, 0.3) is 0 Å². The van der Waals surface area contributed by atoms with E-state index in [0.29, 0.717) is 0 Å². The lowest BCUT2D eigenvalue weighted by atomic mass is 10.2. The van der Waals surface area contributed by atoms with Gasteiger partial charge in [-0.1, -0.05) is 96.5 Å². The number of benzene rings is 2. The van der Waals surface area contributed by atoms with Gasteiger partial charge in [0, 0.05) is 22.0 Å². The average Bonchev–Trinajstić information content (AvgIpc) is 2.47. The van der Waals surface area contributed by atoms with Crippen LogP contribution in [0.5, 0.6) is 0 Å². The number of anilines is 2. The van der Waals surface area contributed by atoms with Crippen molar-refractivity contribution in [3.8, 4) is 0 Å². The molecular formula is C22H37N2PSi2. The van der Waals surface area contributed by atoms with Crippen LogP contribution in [0.25, 0.3) is 0 Å². The molecule has 5 heteroatoms. The van der Waals surface area contributed by atoms with Crippen molar-refractivity contribution in [2.75, 3.05) is 11.5 Å². The van der Waals surface area contributed by atoms with Gasteiger partial charge in [0.15, 0.2) is 0 Å². The van der Waals surface area contributed by atoms with Gasteiger partial charge in [-0.25, -0.2) is 0 Å². The van der Waals surface area contributed by atoms with E-state index in [-0.39, 0.29) is 5.16 Å². The van der Waals surface area contributed by atoms with Crippen molar-refractivity contribution >= 4 is 56.4 Å². The Labute approximate surface area is 169 Å². The zero-order valence-electron chi connectivity index (χ0n) is 18.6. The summed E-state index contributed by atoms with van der Waals surface area (Å²) >= 11 is 0. The molecule has 0 saturated heterocycles. The van der Waals surface area contributed by atoms with E-state index in [1.807, 2.05) is 0 Å². The highest BCUT2D eigenvalue weighted by Gasteiger charge is 2.34. The molecule has 2 aromatic rings. The van der Waals surface area contributed by atoms with Crippen molar-refractivity contribution in [3.05, 3.63) is 36.4 Å². The van der Waals surface area contributed by atoms with Gasteiger partial charge in [0.2, 0.25) is 0 Å². The lowest BCUT2D eigenvalue weighted by molar-refractivity contribution is 0.793. The summed E-state index contributed by atoms with van der Waals surface area (Å²) in [6.45, 7) is 21.1. The lowest BCUT2D eigenvalue weighted by Gasteiger charge is -2.36. The Hall–Kier alpha value is -1.10. The van der Waals surface area contributed by atoms with Crippen molar-refractivity contribution in [3.63, 3.8) is 0 Å². The molecule has 0 saturated carbocycles. The molecule has 0 radical (unpaired) electrons. The lowest BCUT2D eigenvalue weighted by Crippen LogP contribution is -2.44. The molecule has 2 rings (SSSR count). The minimum absolute atomic E-state index is 0.0771. The number of nitrogens with two attached hydrogens (primary N) is 2. The van der Waals surface area contributed by atoms with Crippen LogP contribution in [0.4, 0.5) is 11.4 Å². The predicted molar refractivity (Wildman–Crippen MR) is 134 cm³/mol. The second-order valence-corrected chi connectivity index (χ2v) is 23.5. The molecule has 0 aliphatic heterocycles. The minimum atomic E-state index is -1.51. The number of hydrogen-bond donors (Lipinski definition) is 2. The maximum Gasteiger partial charge on any atom is 0.0803 e. The number of para-hydroxylation sites is 2. The Kier molecular flexibility index (Phi) is 6.07. The third kappa shape index (κ3) is 4.67. The topological polar surface area (TPSA) is 52.0 Å². The molecule has 2 aromatic carbocycles. The summed E-state index contributed by atoms with van der Waals surface area (Å²) in [4.78, 5) is 0. The second kappa shape index (κ2) is 7.38. The summed E-state index contributed by atoms with van der Waals surface area (Å²) < 4.78 is 0. The smallest absolute Gasteiger partial charge is 0.0803 e. The number of hydrogen-bond acceptors (Lipinski definition) is 2. The standard InChI is InChI=1S/C22H37N2PSi2/c1-22(2,3)25(16-12-10-14-18(20(16)23)26(4,5)6)17-13-11-15-19(21(17)24)27(7,8)9/h10-15H,23-24H2,1-9H3. The first-order valence-corrected chi connectivity index (χ1v) is 18.1. The summed E-state index contributed by atoms with van der Waals surface area (Å²) in [6.07, 6.45) is 0. The van der Waals surface area contributed by atoms with Crippen LogP contribution >= 0.6 is 7.92 Å². The predicted octanol–water partition coefficient (Wildman–Crippen LogP) is 4.17. The summed E-state index contributed by atoms with van der Waals surface area (Å²) in [5, 5.41) is 5.37. The van der Waals surface area contributed by atoms with E-state index in [4.69, 9.17) is 11.5 Å². The van der Waals surface area contributed by atoms with Gasteiger partial charge in [-0.3, -0.25) is 0 Å². The molecule has 2 nitrogen and oxygen atoms in total. The normalized spacial score (nSPS) is 13.3. The van der Waals surface area contributed by atoms with Gasteiger partial charge in [-0.2, -0.15) is 0 Å². The average molecular weight is 417 g/mol. The maximum absolute atomic E-state index is 6.80. The molecule has 0 heterocycles. The summed E-state index contributed by atoms with van der Waals surface area (Å²) in [5.41, 5.74) is 15.6. The molecule has 0 unspecified atom stereocenters. The first kappa shape index (κ1) is 22.2. The van der Waals surface area contributed by atoms with E-state index in [1.165, 1.54) is 21.0 Å². The van der Waals surface area contributed by atoms with Crippen molar-refractivity contribution < 1.29 is 0 Å². The molecule has 0 aliphatic carbocycles. The molecule has 27 heavy (non-hydrogen) atoms. The van der Waals surface area contributed by atoms with Gasteiger partial charge in [-0.05, 0) is 23.5 Å². The van der Waals surface area contributed by atoms with Gasteiger partial charge in [-0.15, -0.1) is 0 Å². The largest absolute Gasteiger partial charge is 0.398 e. The first-order valence-electron chi connectivity index (χ1n) is 9.74. The van der Waals surface area contributed by atoms with Gasteiger partial charge >= 0.3 is 0 Å². The summed E-state index contributed by atoms with van der Waals surface area (Å²) in [5.74, 6) is 0. The van der Waals surface area contributed by atoms with E-state index >= 15 is 0 Å². The van der Waals surface area contributed by atoms with Crippen LogP contribution in [0, 0.1) is 0 Å². The molecule has 0 aromatic heterocycles. The van der Waals surface area contributed by atoms with Crippen molar-refractivity contribution in [1.29, 1.82) is 0 Å². The van der Waals surface area contributed by atoms with Crippen LogP contribution < -0.4 is 32.4 Å². The molecule has 0 atom stereocenters. The van der Waals surface area contributed by atoms with Gasteiger partial charge in [0.1, 0.15) is 0 Å². The third-order valence-corrected chi connectivity index (χ3v) is 12.1. The Balaban J connectivity index is 2.79. The van der Waals surface area contributed by atoms with E-state index < -0.39 is 24.1 Å². The quantitative estimate of drug-likeness (QED) is 0.446. The highest BCUT2D eigenvalue weighted by molar-refractivity contribution is 7.75. The third-order valence-electron chi connectivity index (χ3n) is 4.93. The molecule has 4 N–H and O–H groups in total. The Morgan fingerprint density at radius 3 is 1.26 bits per heavy atom. The first-order chi connectivity index (χ1) is 12.2. The van der Waals surface area contributed by atoms with Gasteiger partial charge in [0.05, 0.1) is 16.1 Å². The zero-order valence-corrected chi connectivity index (χ0v) is 21.5. The van der Waals surface area contributed by atoms with Crippen LogP contribution in [-0.4, -0.2) is 21.3 Å². The molecular weight excluding hydrogens is 379 g/mol. The number of nitrogen functional groups attached to an aromatic ring is 2. The Bertz CT molecular complexity index is 764. The van der Waals surface area contributed by atoms with E-state index in [0.717, 1.165) is 11.4 Å². The van der Waals surface area contributed by atoms with Gasteiger partial charge < -0.3 is 11.5 Å². The van der Waals surface area contributed by atoms with E-state index in [9.17, 15) is 0 Å². The second-order valence-electron chi connectivity index (χ2n) is 10.5. The maximum atomic E-state index is 6.80. The minimum Gasteiger partial charge on any atom is -0.398 e. The highest BCUT2D eigenvalue weighted by atomic mass is 31.1. The molecule has 0 spiro atoms. The monoisotopic (exact) mass is 416 g/mol. The molecule has 0 fully saturated rings. The molecule has 0 aliphatic rings. The summed E-state index contributed by atoms with van der Waals surface area (Å²) in [7, 11) is -3.68. The molecule has 0 amide bonds. The van der Waals surface area contributed by atoms with Crippen molar-refractivity contribution in [1.82, 2.24) is 0 Å². The number of rotatable bonds is 4. The SMILES string of the molecule is CC(C)(C)P(c1cccc([Si](C)(C)C)c1N)c1cccc([Si](C)(C)C)c1N. The van der Waals surface area contributed by atoms with Crippen molar-refractivity contribution in [2.24, 2.45) is 0 Å².